The van der Waals surface area contributed by atoms with Gasteiger partial charge in [-0.05, 0) is 70.6 Å². The summed E-state index contributed by atoms with van der Waals surface area (Å²) in [6.45, 7) is 11.4. The van der Waals surface area contributed by atoms with Gasteiger partial charge in [0, 0.05) is 25.4 Å². The van der Waals surface area contributed by atoms with Crippen molar-refractivity contribution in [2.24, 2.45) is 10.9 Å². The van der Waals surface area contributed by atoms with Gasteiger partial charge in [0.05, 0.1) is 13.2 Å². The summed E-state index contributed by atoms with van der Waals surface area (Å²) in [6.07, 6.45) is 3.03. The summed E-state index contributed by atoms with van der Waals surface area (Å²) in [6, 6.07) is 7.78. The van der Waals surface area contributed by atoms with Gasteiger partial charge in [-0.15, -0.1) is 24.0 Å². The minimum absolute atomic E-state index is 0. The predicted molar refractivity (Wildman–Crippen MR) is 133 cm³/mol. The van der Waals surface area contributed by atoms with Crippen molar-refractivity contribution >= 4 is 41.7 Å². The van der Waals surface area contributed by atoms with E-state index >= 15 is 0 Å². The number of ether oxygens (including phenoxy) is 2. The van der Waals surface area contributed by atoms with Crippen LogP contribution in [-0.2, 0) is 15.9 Å². The molecule has 3 N–H and O–H groups in total. The van der Waals surface area contributed by atoms with Crippen LogP contribution < -0.4 is 16.0 Å². The molecule has 0 atom stereocenters. The van der Waals surface area contributed by atoms with E-state index in [1.54, 1.807) is 0 Å². The molecule has 2 rings (SSSR count). The van der Waals surface area contributed by atoms with Crippen molar-refractivity contribution in [1.82, 2.24) is 10.6 Å². The molecule has 30 heavy (non-hydrogen) atoms. The Balaban J connectivity index is 0.00000450. The second kappa shape index (κ2) is 13.7. The van der Waals surface area contributed by atoms with Crippen molar-refractivity contribution in [1.29, 1.82) is 0 Å². The van der Waals surface area contributed by atoms with Crippen LogP contribution in [-0.4, -0.2) is 50.5 Å². The molecule has 0 spiro atoms. The number of rotatable bonds is 10. The lowest BCUT2D eigenvalue weighted by Gasteiger charge is -2.19. The molecule has 0 radical (unpaired) electrons. The number of amides is 1. The van der Waals surface area contributed by atoms with E-state index in [0.717, 1.165) is 43.7 Å². The summed E-state index contributed by atoms with van der Waals surface area (Å²) in [5.74, 6) is 1.60. The van der Waals surface area contributed by atoms with Crippen LogP contribution in [0.15, 0.2) is 29.3 Å². The number of guanidine groups is 1. The lowest BCUT2D eigenvalue weighted by molar-refractivity contribution is 0.0636. The molecule has 1 saturated carbocycles. The van der Waals surface area contributed by atoms with E-state index in [1.807, 2.05) is 45.0 Å². The largest absolute Gasteiger partial charge is 0.444 e. The number of anilines is 1. The monoisotopic (exact) mass is 532 g/mol. The summed E-state index contributed by atoms with van der Waals surface area (Å²) < 4.78 is 10.9. The highest BCUT2D eigenvalue weighted by Gasteiger charge is 2.20. The molecular weight excluding hydrogens is 495 g/mol. The third-order valence-corrected chi connectivity index (χ3v) is 4.21. The van der Waals surface area contributed by atoms with Crippen molar-refractivity contribution in [3.05, 3.63) is 29.8 Å². The highest BCUT2D eigenvalue weighted by molar-refractivity contribution is 14.0. The van der Waals surface area contributed by atoms with Crippen LogP contribution >= 0.6 is 24.0 Å². The van der Waals surface area contributed by atoms with Gasteiger partial charge in [-0.3, -0.25) is 10.3 Å². The van der Waals surface area contributed by atoms with E-state index in [-0.39, 0.29) is 24.0 Å². The fourth-order valence-corrected chi connectivity index (χ4v) is 2.60. The molecule has 0 aromatic heterocycles. The summed E-state index contributed by atoms with van der Waals surface area (Å²) >= 11 is 0. The maximum Gasteiger partial charge on any atom is 0.412 e. The summed E-state index contributed by atoms with van der Waals surface area (Å²) in [7, 11) is 0. The molecule has 0 aliphatic heterocycles. The number of nitrogens with one attached hydrogen (secondary N) is 3. The second-order valence-corrected chi connectivity index (χ2v) is 8.28. The van der Waals surface area contributed by atoms with Crippen molar-refractivity contribution in [2.45, 2.75) is 52.6 Å². The van der Waals surface area contributed by atoms with E-state index in [2.05, 4.69) is 27.9 Å². The van der Waals surface area contributed by atoms with Gasteiger partial charge in [-0.25, -0.2) is 4.79 Å². The first-order valence-corrected chi connectivity index (χ1v) is 10.5. The molecular formula is C22H37IN4O3. The molecule has 0 heterocycles. The number of carbonyl (C=O) groups excluding carboxylic acids is 1. The Morgan fingerprint density at radius 3 is 2.47 bits per heavy atom. The van der Waals surface area contributed by atoms with Gasteiger partial charge < -0.3 is 20.1 Å². The van der Waals surface area contributed by atoms with Crippen LogP contribution in [0.3, 0.4) is 0 Å². The van der Waals surface area contributed by atoms with Crippen LogP contribution in [0.2, 0.25) is 0 Å². The summed E-state index contributed by atoms with van der Waals surface area (Å²) in [4.78, 5) is 16.4. The zero-order valence-corrected chi connectivity index (χ0v) is 21.0. The minimum Gasteiger partial charge on any atom is -0.444 e. The molecule has 1 fully saturated rings. The second-order valence-electron chi connectivity index (χ2n) is 8.28. The zero-order valence-electron chi connectivity index (χ0n) is 18.6. The number of halogens is 1. The van der Waals surface area contributed by atoms with Crippen molar-refractivity contribution < 1.29 is 14.3 Å². The fourth-order valence-electron chi connectivity index (χ4n) is 2.60. The molecule has 1 aromatic carbocycles. The van der Waals surface area contributed by atoms with Crippen LogP contribution in [0, 0.1) is 5.92 Å². The Morgan fingerprint density at radius 1 is 1.17 bits per heavy atom. The van der Waals surface area contributed by atoms with Crippen molar-refractivity contribution in [3.8, 4) is 0 Å². The quantitative estimate of drug-likeness (QED) is 0.182. The van der Waals surface area contributed by atoms with Crippen LogP contribution in [0.5, 0.6) is 0 Å². The normalized spacial score (nSPS) is 13.9. The van der Waals surface area contributed by atoms with E-state index in [0.29, 0.717) is 13.2 Å². The Kier molecular flexibility index (Phi) is 12.1. The van der Waals surface area contributed by atoms with Crippen molar-refractivity contribution in [3.63, 3.8) is 0 Å². The predicted octanol–water partition coefficient (Wildman–Crippen LogP) is 4.18. The standard InChI is InChI=1S/C22H36N4O3.HI/c1-5-23-20(25-14-15-28-16-18-6-7-18)24-13-12-17-8-10-19(11-9-17)26-21(27)29-22(2,3)4;/h8-11,18H,5-7,12-16H2,1-4H3,(H,26,27)(H2,23,24,25);1H. The molecule has 0 saturated heterocycles. The van der Waals surface area contributed by atoms with Crippen LogP contribution in [0.4, 0.5) is 10.5 Å². The molecule has 8 heteroatoms. The number of nitrogens with zero attached hydrogens (tertiary/aromatic N) is 1. The Hall–Kier alpha value is -1.55. The number of hydrogen-bond acceptors (Lipinski definition) is 4. The van der Waals surface area contributed by atoms with E-state index in [9.17, 15) is 4.79 Å². The maximum atomic E-state index is 11.8. The molecule has 0 unspecified atom stereocenters. The third kappa shape index (κ3) is 12.2. The Bertz CT molecular complexity index is 655. The highest BCUT2D eigenvalue weighted by Crippen LogP contribution is 2.28. The molecule has 1 aliphatic carbocycles. The lowest BCUT2D eigenvalue weighted by atomic mass is 10.1. The zero-order chi connectivity index (χ0) is 21.1. The Labute approximate surface area is 197 Å². The first kappa shape index (κ1) is 26.5. The maximum absolute atomic E-state index is 11.8. The number of aliphatic imine (C=N–C) groups is 1. The molecule has 1 amide bonds. The number of hydrogen-bond donors (Lipinski definition) is 3. The van der Waals surface area contributed by atoms with Crippen molar-refractivity contribution in [2.75, 3.05) is 38.2 Å². The lowest BCUT2D eigenvalue weighted by Crippen LogP contribution is -2.38. The highest BCUT2D eigenvalue weighted by atomic mass is 127. The smallest absolute Gasteiger partial charge is 0.412 e. The average molecular weight is 532 g/mol. The molecule has 7 nitrogen and oxygen atoms in total. The van der Waals surface area contributed by atoms with Gasteiger partial charge in [0.2, 0.25) is 0 Å². The van der Waals surface area contributed by atoms with Gasteiger partial charge in [-0.2, -0.15) is 0 Å². The van der Waals surface area contributed by atoms with Gasteiger partial charge in [0.1, 0.15) is 5.60 Å². The van der Waals surface area contributed by atoms with E-state index in [4.69, 9.17) is 9.47 Å². The van der Waals surface area contributed by atoms with Crippen LogP contribution in [0.25, 0.3) is 0 Å². The van der Waals surface area contributed by atoms with E-state index < -0.39 is 11.7 Å². The minimum atomic E-state index is -0.509. The van der Waals surface area contributed by atoms with Crippen LogP contribution in [0.1, 0.15) is 46.1 Å². The SMILES string of the molecule is CCNC(=NCCOCC1CC1)NCCc1ccc(NC(=O)OC(C)(C)C)cc1.I. The van der Waals surface area contributed by atoms with Gasteiger partial charge in [0.15, 0.2) is 5.96 Å². The number of benzene rings is 1. The first-order valence-electron chi connectivity index (χ1n) is 10.5. The topological polar surface area (TPSA) is 84.0 Å². The molecule has 170 valence electrons. The summed E-state index contributed by atoms with van der Waals surface area (Å²) in [5, 5.41) is 9.34. The van der Waals surface area contributed by atoms with Gasteiger partial charge in [-0.1, -0.05) is 12.1 Å². The molecule has 1 aliphatic rings. The number of carbonyl (C=O) groups is 1. The molecule has 1 aromatic rings. The fraction of sp³-hybridized carbons (Fsp3) is 0.636. The molecule has 0 bridgehead atoms. The van der Waals surface area contributed by atoms with E-state index in [1.165, 1.54) is 18.4 Å². The first-order chi connectivity index (χ1) is 13.9. The Morgan fingerprint density at radius 2 is 1.87 bits per heavy atom. The summed E-state index contributed by atoms with van der Waals surface area (Å²) in [5.41, 5.74) is 1.39. The van der Waals surface area contributed by atoms with Gasteiger partial charge >= 0.3 is 6.09 Å². The third-order valence-electron chi connectivity index (χ3n) is 4.21. The average Bonchev–Trinajstić information content (AvgIpc) is 3.45. The van der Waals surface area contributed by atoms with Gasteiger partial charge in [0.25, 0.3) is 0 Å².